The molecule has 0 saturated heterocycles. The van der Waals surface area contributed by atoms with E-state index in [1.165, 1.54) is 17.4 Å². The standard InChI is InChI=1S/C21H26N4O4S/c1-13-9-10-16(11-18(13)25(28)29)20(27)24(17-7-5-4-6-8-17)12-19(26)23-21-22-14(2)15(3)30-21/h9-11,17H,4-8,12H2,1-3H3,(H,22,23,26). The smallest absolute Gasteiger partial charge is 0.273 e. The summed E-state index contributed by atoms with van der Waals surface area (Å²) in [7, 11) is 0. The summed E-state index contributed by atoms with van der Waals surface area (Å²) >= 11 is 1.40. The van der Waals surface area contributed by atoms with Crippen LogP contribution in [0.4, 0.5) is 10.8 Å². The van der Waals surface area contributed by atoms with E-state index in [0.29, 0.717) is 10.7 Å². The monoisotopic (exact) mass is 430 g/mol. The highest BCUT2D eigenvalue weighted by molar-refractivity contribution is 7.15. The zero-order chi connectivity index (χ0) is 21.8. The molecule has 0 spiro atoms. The number of rotatable bonds is 6. The summed E-state index contributed by atoms with van der Waals surface area (Å²) in [6, 6.07) is 4.41. The lowest BCUT2D eigenvalue weighted by atomic mass is 9.93. The molecule has 30 heavy (non-hydrogen) atoms. The lowest BCUT2D eigenvalue weighted by Crippen LogP contribution is -2.45. The molecule has 0 bridgehead atoms. The van der Waals surface area contributed by atoms with Gasteiger partial charge in [0.15, 0.2) is 5.13 Å². The first-order valence-electron chi connectivity index (χ1n) is 10.1. The van der Waals surface area contributed by atoms with Gasteiger partial charge in [0.05, 0.1) is 10.6 Å². The van der Waals surface area contributed by atoms with Crippen LogP contribution in [-0.2, 0) is 4.79 Å². The molecule has 1 aromatic carbocycles. The highest BCUT2D eigenvalue weighted by Crippen LogP contribution is 2.27. The van der Waals surface area contributed by atoms with Crippen LogP contribution in [0.2, 0.25) is 0 Å². The second-order valence-electron chi connectivity index (χ2n) is 7.69. The fourth-order valence-electron chi connectivity index (χ4n) is 3.70. The highest BCUT2D eigenvalue weighted by atomic mass is 32.1. The number of nitrogens with zero attached hydrogens (tertiary/aromatic N) is 3. The molecule has 1 aliphatic rings. The topological polar surface area (TPSA) is 105 Å². The first-order valence-corrected chi connectivity index (χ1v) is 10.9. The number of nitro benzene ring substituents is 1. The molecule has 2 amide bonds. The van der Waals surface area contributed by atoms with Crippen molar-refractivity contribution in [1.82, 2.24) is 9.88 Å². The van der Waals surface area contributed by atoms with Crippen molar-refractivity contribution in [1.29, 1.82) is 0 Å². The SMILES string of the molecule is Cc1ccc(C(=O)N(CC(=O)Nc2nc(C)c(C)s2)C2CCCCC2)cc1[N+](=O)[O-]. The van der Waals surface area contributed by atoms with Gasteiger partial charge in [0.2, 0.25) is 5.91 Å². The molecule has 0 unspecified atom stereocenters. The third-order valence-electron chi connectivity index (χ3n) is 5.52. The van der Waals surface area contributed by atoms with Crippen molar-refractivity contribution in [2.75, 3.05) is 11.9 Å². The number of amides is 2. The minimum atomic E-state index is -0.489. The van der Waals surface area contributed by atoms with E-state index in [1.54, 1.807) is 24.0 Å². The Hall–Kier alpha value is -2.81. The molecule has 1 saturated carbocycles. The molecule has 1 fully saturated rings. The second kappa shape index (κ2) is 9.34. The number of anilines is 1. The van der Waals surface area contributed by atoms with Gasteiger partial charge >= 0.3 is 0 Å². The number of thiazole rings is 1. The van der Waals surface area contributed by atoms with Crippen molar-refractivity contribution in [3.8, 4) is 0 Å². The first kappa shape index (κ1) is 21.9. The zero-order valence-corrected chi connectivity index (χ0v) is 18.3. The van der Waals surface area contributed by atoms with Gasteiger partial charge in [-0.05, 0) is 39.7 Å². The summed E-state index contributed by atoms with van der Waals surface area (Å²) in [5, 5.41) is 14.6. The van der Waals surface area contributed by atoms with Crippen LogP contribution in [0.5, 0.6) is 0 Å². The van der Waals surface area contributed by atoms with Gasteiger partial charge in [0, 0.05) is 28.1 Å². The first-order chi connectivity index (χ1) is 14.3. The van der Waals surface area contributed by atoms with Crippen LogP contribution >= 0.6 is 11.3 Å². The summed E-state index contributed by atoms with van der Waals surface area (Å²) < 4.78 is 0. The van der Waals surface area contributed by atoms with Crippen LogP contribution in [-0.4, -0.2) is 39.2 Å². The number of carbonyl (C=O) groups is 2. The molecule has 9 heteroatoms. The molecule has 0 aliphatic heterocycles. The number of benzene rings is 1. The van der Waals surface area contributed by atoms with Crippen molar-refractivity contribution in [2.24, 2.45) is 0 Å². The average Bonchev–Trinajstić information content (AvgIpc) is 3.03. The molecular formula is C21H26N4O4S. The van der Waals surface area contributed by atoms with E-state index in [9.17, 15) is 19.7 Å². The number of nitrogens with one attached hydrogen (secondary N) is 1. The Morgan fingerprint density at radius 3 is 2.53 bits per heavy atom. The van der Waals surface area contributed by atoms with Gasteiger partial charge in [-0.2, -0.15) is 0 Å². The Morgan fingerprint density at radius 1 is 1.23 bits per heavy atom. The normalized spacial score (nSPS) is 14.4. The Bertz CT molecular complexity index is 946. The summed E-state index contributed by atoms with van der Waals surface area (Å²) in [6.45, 7) is 5.34. The highest BCUT2D eigenvalue weighted by Gasteiger charge is 2.29. The largest absolute Gasteiger partial charge is 0.326 e. The summed E-state index contributed by atoms with van der Waals surface area (Å²) in [4.78, 5) is 43.7. The zero-order valence-electron chi connectivity index (χ0n) is 17.4. The lowest BCUT2D eigenvalue weighted by Gasteiger charge is -2.34. The minimum Gasteiger partial charge on any atom is -0.326 e. The van der Waals surface area contributed by atoms with E-state index < -0.39 is 4.92 Å². The van der Waals surface area contributed by atoms with E-state index >= 15 is 0 Å². The number of hydrogen-bond acceptors (Lipinski definition) is 6. The van der Waals surface area contributed by atoms with E-state index in [4.69, 9.17) is 0 Å². The van der Waals surface area contributed by atoms with Crippen molar-refractivity contribution in [3.63, 3.8) is 0 Å². The van der Waals surface area contributed by atoms with Crippen molar-refractivity contribution in [2.45, 2.75) is 58.9 Å². The van der Waals surface area contributed by atoms with Gasteiger partial charge in [-0.25, -0.2) is 4.98 Å². The van der Waals surface area contributed by atoms with Crippen LogP contribution in [0, 0.1) is 30.9 Å². The van der Waals surface area contributed by atoms with Crippen molar-refractivity contribution < 1.29 is 14.5 Å². The molecule has 0 radical (unpaired) electrons. The van der Waals surface area contributed by atoms with E-state index in [2.05, 4.69) is 10.3 Å². The van der Waals surface area contributed by atoms with Crippen LogP contribution in [0.15, 0.2) is 18.2 Å². The van der Waals surface area contributed by atoms with Gasteiger partial charge in [-0.15, -0.1) is 11.3 Å². The molecule has 1 aromatic heterocycles. The third kappa shape index (κ3) is 5.02. The number of aryl methyl sites for hydroxylation is 3. The number of hydrogen-bond donors (Lipinski definition) is 1. The molecule has 1 heterocycles. The van der Waals surface area contributed by atoms with Gasteiger partial charge in [0.1, 0.15) is 6.54 Å². The van der Waals surface area contributed by atoms with Crippen molar-refractivity contribution in [3.05, 3.63) is 50.0 Å². The van der Waals surface area contributed by atoms with Crippen LogP contribution in [0.25, 0.3) is 0 Å². The lowest BCUT2D eigenvalue weighted by molar-refractivity contribution is -0.385. The molecule has 8 nitrogen and oxygen atoms in total. The van der Waals surface area contributed by atoms with Gasteiger partial charge in [0.25, 0.3) is 11.6 Å². The van der Waals surface area contributed by atoms with Crippen LogP contribution < -0.4 is 5.32 Å². The quantitative estimate of drug-likeness (QED) is 0.540. The number of carbonyl (C=O) groups excluding carboxylic acids is 2. The van der Waals surface area contributed by atoms with E-state index in [1.807, 2.05) is 13.8 Å². The number of nitro groups is 1. The predicted octanol–water partition coefficient (Wildman–Crippen LogP) is 4.39. The van der Waals surface area contributed by atoms with Gasteiger partial charge < -0.3 is 10.2 Å². The molecular weight excluding hydrogens is 404 g/mol. The van der Waals surface area contributed by atoms with Crippen LogP contribution in [0.1, 0.15) is 58.6 Å². The summed E-state index contributed by atoms with van der Waals surface area (Å²) in [5.74, 6) is -0.670. The minimum absolute atomic E-state index is 0.0582. The fraction of sp³-hybridized carbons (Fsp3) is 0.476. The molecule has 2 aromatic rings. The molecule has 1 N–H and O–H groups in total. The molecule has 0 atom stereocenters. The van der Waals surface area contributed by atoms with Gasteiger partial charge in [-0.3, -0.25) is 19.7 Å². The average molecular weight is 431 g/mol. The number of aromatic nitrogens is 1. The van der Waals surface area contributed by atoms with Crippen LogP contribution in [0.3, 0.4) is 0 Å². The Labute approximate surface area is 179 Å². The second-order valence-corrected chi connectivity index (χ2v) is 8.90. The Morgan fingerprint density at radius 2 is 1.93 bits per heavy atom. The maximum absolute atomic E-state index is 13.3. The molecule has 3 rings (SSSR count). The molecule has 160 valence electrons. The molecule has 1 aliphatic carbocycles. The van der Waals surface area contributed by atoms with E-state index in [-0.39, 0.29) is 35.7 Å². The maximum Gasteiger partial charge on any atom is 0.273 e. The van der Waals surface area contributed by atoms with Crippen molar-refractivity contribution >= 4 is 34.0 Å². The summed E-state index contributed by atoms with van der Waals surface area (Å²) in [5.41, 5.74) is 1.49. The maximum atomic E-state index is 13.3. The van der Waals surface area contributed by atoms with E-state index in [0.717, 1.165) is 42.7 Å². The Kier molecular flexibility index (Phi) is 6.81. The Balaban J connectivity index is 1.83. The fourth-order valence-corrected chi connectivity index (χ4v) is 4.53. The summed E-state index contributed by atoms with van der Waals surface area (Å²) in [6.07, 6.45) is 4.74. The van der Waals surface area contributed by atoms with Gasteiger partial charge in [-0.1, -0.05) is 25.3 Å². The third-order valence-corrected chi connectivity index (χ3v) is 6.51. The predicted molar refractivity (Wildman–Crippen MR) is 116 cm³/mol.